The van der Waals surface area contributed by atoms with E-state index >= 15 is 0 Å². The Morgan fingerprint density at radius 1 is 1.21 bits per heavy atom. The van der Waals surface area contributed by atoms with Crippen LogP contribution < -0.4 is 20.3 Å². The Hall–Kier alpha value is -2.88. The van der Waals surface area contributed by atoms with E-state index in [0.717, 1.165) is 51.0 Å². The van der Waals surface area contributed by atoms with Gasteiger partial charge in [0.05, 0.1) is 22.7 Å². The molecule has 1 saturated heterocycles. The Labute approximate surface area is 200 Å². The number of benzene rings is 1. The van der Waals surface area contributed by atoms with Crippen molar-refractivity contribution in [2.45, 2.75) is 45.4 Å². The van der Waals surface area contributed by atoms with Gasteiger partial charge in [0.1, 0.15) is 5.82 Å². The fourth-order valence-corrected chi connectivity index (χ4v) is 5.89. The van der Waals surface area contributed by atoms with E-state index in [-0.39, 0.29) is 11.7 Å². The van der Waals surface area contributed by atoms with Crippen molar-refractivity contribution in [2.24, 2.45) is 11.3 Å². The summed E-state index contributed by atoms with van der Waals surface area (Å²) in [6.45, 7) is 4.14. The maximum Gasteiger partial charge on any atom is 0.258 e. The van der Waals surface area contributed by atoms with Gasteiger partial charge in [-0.2, -0.15) is 4.98 Å². The lowest BCUT2D eigenvalue weighted by Gasteiger charge is -2.41. The van der Waals surface area contributed by atoms with Crippen molar-refractivity contribution < 1.29 is 13.2 Å². The predicted molar refractivity (Wildman–Crippen MR) is 134 cm³/mol. The van der Waals surface area contributed by atoms with Crippen LogP contribution in [-0.4, -0.2) is 49.7 Å². The third-order valence-corrected chi connectivity index (χ3v) is 8.78. The van der Waals surface area contributed by atoms with Gasteiger partial charge < -0.3 is 15.5 Å². The molecule has 1 aromatic heterocycles. The first-order valence-electron chi connectivity index (χ1n) is 12.2. The topological polar surface area (TPSA) is 116 Å². The van der Waals surface area contributed by atoms with Crippen LogP contribution in [0.15, 0.2) is 30.5 Å². The second-order valence-electron chi connectivity index (χ2n) is 9.63. The van der Waals surface area contributed by atoms with Crippen molar-refractivity contribution in [3.63, 3.8) is 0 Å². The van der Waals surface area contributed by atoms with E-state index in [9.17, 15) is 13.2 Å². The van der Waals surface area contributed by atoms with Gasteiger partial charge in [-0.1, -0.05) is 6.42 Å². The van der Waals surface area contributed by atoms with Crippen LogP contribution >= 0.6 is 0 Å². The highest BCUT2D eigenvalue weighted by Gasteiger charge is 2.51. The number of rotatable bonds is 3. The van der Waals surface area contributed by atoms with E-state index < -0.39 is 10.0 Å². The fraction of sp³-hybridized carbons (Fsp3) is 0.542. The summed E-state index contributed by atoms with van der Waals surface area (Å²) in [6.07, 6.45) is 8.59. The Morgan fingerprint density at radius 3 is 2.85 bits per heavy atom. The number of hydrogen-bond acceptors (Lipinski definition) is 7. The van der Waals surface area contributed by atoms with Crippen LogP contribution in [0, 0.1) is 11.3 Å². The summed E-state index contributed by atoms with van der Waals surface area (Å²) < 4.78 is 27.0. The van der Waals surface area contributed by atoms with Gasteiger partial charge in [0, 0.05) is 25.8 Å². The average molecular weight is 485 g/mol. The lowest BCUT2D eigenvalue weighted by molar-refractivity contribution is 0.102. The SMILES string of the molecule is CCS(=O)(=O)Nc1ccc2c(c1)N1CCC3(CC3)[C@H](CCCCNc3nccc(n3)NC2=O)C1. The molecule has 3 aliphatic rings. The lowest BCUT2D eigenvalue weighted by atomic mass is 9.79. The normalized spacial score (nSPS) is 22.0. The van der Waals surface area contributed by atoms with Crippen LogP contribution in [0.3, 0.4) is 0 Å². The number of piperidine rings is 1. The van der Waals surface area contributed by atoms with Crippen molar-refractivity contribution in [2.75, 3.05) is 45.6 Å². The van der Waals surface area contributed by atoms with E-state index in [1.807, 2.05) is 0 Å². The molecule has 2 aromatic rings. The minimum atomic E-state index is -3.42. The molecule has 1 saturated carbocycles. The minimum Gasteiger partial charge on any atom is -0.371 e. The summed E-state index contributed by atoms with van der Waals surface area (Å²) in [5.41, 5.74) is 2.19. The zero-order chi connectivity index (χ0) is 23.8. The molecule has 3 N–H and O–H groups in total. The number of nitrogens with one attached hydrogen (secondary N) is 3. The van der Waals surface area contributed by atoms with Gasteiger partial charge in [-0.25, -0.2) is 13.4 Å². The van der Waals surface area contributed by atoms with E-state index in [1.165, 1.54) is 12.8 Å². The number of anilines is 4. The van der Waals surface area contributed by atoms with Crippen LogP contribution in [0.1, 0.15) is 55.8 Å². The number of aromatic nitrogens is 2. The predicted octanol–water partition coefficient (Wildman–Crippen LogP) is 3.69. The molecule has 1 aliphatic carbocycles. The molecule has 2 aliphatic heterocycles. The van der Waals surface area contributed by atoms with Crippen molar-refractivity contribution in [3.05, 3.63) is 36.0 Å². The Kier molecular flexibility index (Phi) is 6.09. The Balaban J connectivity index is 1.52. The molecule has 1 aromatic carbocycles. The second-order valence-corrected chi connectivity index (χ2v) is 11.6. The molecule has 34 heavy (non-hydrogen) atoms. The lowest BCUT2D eigenvalue weighted by Crippen LogP contribution is -2.42. The van der Waals surface area contributed by atoms with Gasteiger partial charge in [-0.3, -0.25) is 9.52 Å². The Bertz CT molecular complexity index is 1180. The van der Waals surface area contributed by atoms with Crippen LogP contribution in [0.4, 0.5) is 23.1 Å². The van der Waals surface area contributed by atoms with Crippen molar-refractivity contribution >= 4 is 39.1 Å². The molecule has 3 heterocycles. The van der Waals surface area contributed by atoms with E-state index in [0.29, 0.717) is 34.3 Å². The zero-order valence-electron chi connectivity index (χ0n) is 19.5. The molecule has 4 bridgehead atoms. The van der Waals surface area contributed by atoms with Crippen molar-refractivity contribution in [3.8, 4) is 0 Å². The molecule has 1 spiro atoms. The molecule has 5 rings (SSSR count). The first-order chi connectivity index (χ1) is 16.4. The monoisotopic (exact) mass is 484 g/mol. The summed E-state index contributed by atoms with van der Waals surface area (Å²) in [5, 5.41) is 6.16. The number of nitrogens with zero attached hydrogens (tertiary/aromatic N) is 3. The standard InChI is InChI=1S/C24H32N6O3S/c1-2-34(32,33)29-18-6-7-19-20(15-18)30-14-11-24(9-10-24)17(16-30)5-3-4-12-25-23-26-13-8-21(28-23)27-22(19)31/h6-8,13,15,17,29H,2-5,9-12,14,16H2,1H3,(H2,25,26,27,28,31)/t17-/m1/s1. The number of carbonyl (C=O) groups excluding carboxylic acids is 1. The maximum absolute atomic E-state index is 13.3. The van der Waals surface area contributed by atoms with Gasteiger partial charge in [0.2, 0.25) is 16.0 Å². The van der Waals surface area contributed by atoms with Gasteiger partial charge in [0.25, 0.3) is 5.91 Å². The summed E-state index contributed by atoms with van der Waals surface area (Å²) >= 11 is 0. The van der Waals surface area contributed by atoms with Gasteiger partial charge in [-0.05, 0) is 74.6 Å². The molecule has 9 nitrogen and oxygen atoms in total. The zero-order valence-corrected chi connectivity index (χ0v) is 20.3. The summed E-state index contributed by atoms with van der Waals surface area (Å²) in [5.74, 6) is 1.20. The molecule has 1 atom stereocenters. The molecule has 0 unspecified atom stereocenters. The van der Waals surface area contributed by atoms with E-state index in [2.05, 4.69) is 30.2 Å². The molecule has 182 valence electrons. The highest BCUT2D eigenvalue weighted by molar-refractivity contribution is 7.92. The van der Waals surface area contributed by atoms with Gasteiger partial charge in [-0.15, -0.1) is 0 Å². The number of amides is 1. The van der Waals surface area contributed by atoms with Crippen LogP contribution in [0.5, 0.6) is 0 Å². The minimum absolute atomic E-state index is 0.0110. The molecule has 0 radical (unpaired) electrons. The van der Waals surface area contributed by atoms with Crippen molar-refractivity contribution in [1.82, 2.24) is 9.97 Å². The first-order valence-corrected chi connectivity index (χ1v) is 13.8. The number of carbonyl (C=O) groups is 1. The number of hydrogen-bond donors (Lipinski definition) is 3. The summed E-state index contributed by atoms with van der Waals surface area (Å²) in [6, 6.07) is 6.82. The van der Waals surface area contributed by atoms with Gasteiger partial charge >= 0.3 is 0 Å². The smallest absolute Gasteiger partial charge is 0.258 e. The third-order valence-electron chi connectivity index (χ3n) is 7.47. The average Bonchev–Trinajstić information content (AvgIpc) is 3.59. The van der Waals surface area contributed by atoms with Crippen molar-refractivity contribution in [1.29, 1.82) is 0 Å². The third kappa shape index (κ3) is 4.82. The number of fused-ring (bicyclic) bond motifs is 7. The molecular weight excluding hydrogens is 452 g/mol. The fourth-order valence-electron chi connectivity index (χ4n) is 5.26. The molecule has 10 heteroatoms. The second kappa shape index (κ2) is 9.05. The summed E-state index contributed by atoms with van der Waals surface area (Å²) in [4.78, 5) is 24.3. The molecule has 2 fully saturated rings. The van der Waals surface area contributed by atoms with Crippen LogP contribution in [0.25, 0.3) is 0 Å². The van der Waals surface area contributed by atoms with Gasteiger partial charge in [0.15, 0.2) is 0 Å². The summed E-state index contributed by atoms with van der Waals surface area (Å²) in [7, 11) is -3.42. The molecule has 1 amide bonds. The first kappa shape index (κ1) is 22.9. The van der Waals surface area contributed by atoms with Crippen LogP contribution in [-0.2, 0) is 10.0 Å². The Morgan fingerprint density at radius 2 is 2.06 bits per heavy atom. The largest absolute Gasteiger partial charge is 0.371 e. The molecular formula is C24H32N6O3S. The highest BCUT2D eigenvalue weighted by Crippen LogP contribution is 2.58. The number of sulfonamides is 1. The van der Waals surface area contributed by atoms with Crippen LogP contribution in [0.2, 0.25) is 0 Å². The quantitative estimate of drug-likeness (QED) is 0.608. The van der Waals surface area contributed by atoms with E-state index in [1.54, 1.807) is 37.4 Å². The maximum atomic E-state index is 13.3. The highest BCUT2D eigenvalue weighted by atomic mass is 32.2. The van der Waals surface area contributed by atoms with E-state index in [4.69, 9.17) is 0 Å².